The Labute approximate surface area is 194 Å². The van der Waals surface area contributed by atoms with Gasteiger partial charge in [0.15, 0.2) is 11.5 Å². The molecule has 2 amide bonds. The first-order chi connectivity index (χ1) is 16.1. The monoisotopic (exact) mass is 454 g/mol. The van der Waals surface area contributed by atoms with Gasteiger partial charge in [-0.05, 0) is 37.0 Å². The molecule has 2 heterocycles. The molecular weight excluding hydrogens is 424 g/mol. The largest absolute Gasteiger partial charge is 0.493 e. The van der Waals surface area contributed by atoms with Gasteiger partial charge in [-0.1, -0.05) is 30.3 Å². The molecule has 2 aromatic carbocycles. The third-order valence-electron chi connectivity index (χ3n) is 6.17. The second kappa shape index (κ2) is 10.5. The summed E-state index contributed by atoms with van der Waals surface area (Å²) in [6.45, 7) is 1.49. The highest BCUT2D eigenvalue weighted by molar-refractivity contribution is 5.87. The number of benzene rings is 2. The molecule has 2 aliphatic rings. The number of carbonyl (C=O) groups is 2. The van der Waals surface area contributed by atoms with Gasteiger partial charge in [-0.2, -0.15) is 0 Å². The standard InChI is InChI=1S/C25H30N2O6/c1-30-22-12-11-20(15-23(22)31-2)32-14-13-26-16-19-9-6-10-21(24(26)28)27(19)25(29)33-17-18-7-4-3-5-8-18/h3-5,7-8,11-12,15,19,21H,6,9-10,13-14,16-17H2,1-2H3. The van der Waals surface area contributed by atoms with Gasteiger partial charge in [0.1, 0.15) is 25.0 Å². The van der Waals surface area contributed by atoms with Crippen molar-refractivity contribution in [3.63, 3.8) is 0 Å². The van der Waals surface area contributed by atoms with Gasteiger partial charge in [-0.15, -0.1) is 0 Å². The van der Waals surface area contributed by atoms with Crippen LogP contribution in [-0.4, -0.2) is 67.8 Å². The molecule has 8 nitrogen and oxygen atoms in total. The molecule has 2 bridgehead atoms. The number of piperazine rings is 1. The molecule has 176 valence electrons. The average Bonchev–Trinajstić information content (AvgIpc) is 2.85. The zero-order valence-corrected chi connectivity index (χ0v) is 19.1. The predicted molar refractivity (Wildman–Crippen MR) is 122 cm³/mol. The van der Waals surface area contributed by atoms with E-state index in [4.69, 9.17) is 18.9 Å². The number of rotatable bonds is 8. The highest BCUT2D eigenvalue weighted by Gasteiger charge is 2.45. The minimum absolute atomic E-state index is 0.0363. The van der Waals surface area contributed by atoms with Crippen LogP contribution in [0.4, 0.5) is 4.79 Å². The van der Waals surface area contributed by atoms with Crippen LogP contribution in [0.3, 0.4) is 0 Å². The Hall–Kier alpha value is -3.42. The molecule has 0 saturated carbocycles. The number of fused-ring (bicyclic) bond motifs is 2. The van der Waals surface area contributed by atoms with E-state index in [2.05, 4.69) is 0 Å². The highest BCUT2D eigenvalue weighted by atomic mass is 16.6. The van der Waals surface area contributed by atoms with Crippen LogP contribution in [0.5, 0.6) is 17.2 Å². The Balaban J connectivity index is 1.33. The van der Waals surface area contributed by atoms with Crippen LogP contribution >= 0.6 is 0 Å². The van der Waals surface area contributed by atoms with Crippen molar-refractivity contribution in [3.05, 3.63) is 54.1 Å². The molecule has 2 aromatic rings. The van der Waals surface area contributed by atoms with Crippen molar-refractivity contribution >= 4 is 12.0 Å². The number of hydrogen-bond donors (Lipinski definition) is 0. The molecule has 2 atom stereocenters. The number of likely N-dealkylation sites (tertiary alicyclic amines) is 1. The average molecular weight is 455 g/mol. The molecule has 2 saturated heterocycles. The fourth-order valence-corrected chi connectivity index (χ4v) is 4.51. The third-order valence-corrected chi connectivity index (χ3v) is 6.17. The van der Waals surface area contributed by atoms with Gasteiger partial charge in [-0.3, -0.25) is 9.69 Å². The number of hydrogen-bond acceptors (Lipinski definition) is 6. The summed E-state index contributed by atoms with van der Waals surface area (Å²) in [5.41, 5.74) is 0.924. The van der Waals surface area contributed by atoms with Crippen LogP contribution in [0.2, 0.25) is 0 Å². The zero-order valence-electron chi connectivity index (χ0n) is 19.1. The van der Waals surface area contributed by atoms with Gasteiger partial charge in [-0.25, -0.2) is 4.79 Å². The summed E-state index contributed by atoms with van der Waals surface area (Å²) >= 11 is 0. The first-order valence-electron chi connectivity index (χ1n) is 11.2. The van der Waals surface area contributed by atoms with Gasteiger partial charge in [0, 0.05) is 12.6 Å². The minimum atomic E-state index is -0.471. The second-order valence-electron chi connectivity index (χ2n) is 8.20. The van der Waals surface area contributed by atoms with Crippen LogP contribution in [0.15, 0.2) is 48.5 Å². The van der Waals surface area contributed by atoms with E-state index in [1.807, 2.05) is 30.3 Å². The quantitative estimate of drug-likeness (QED) is 0.608. The van der Waals surface area contributed by atoms with E-state index in [0.29, 0.717) is 43.4 Å². The molecule has 33 heavy (non-hydrogen) atoms. The summed E-state index contributed by atoms with van der Waals surface area (Å²) in [6.07, 6.45) is 2.03. The first kappa shape index (κ1) is 22.8. The lowest BCUT2D eigenvalue weighted by Gasteiger charge is -2.48. The van der Waals surface area contributed by atoms with E-state index in [1.54, 1.807) is 42.2 Å². The second-order valence-corrected chi connectivity index (χ2v) is 8.20. The van der Waals surface area contributed by atoms with Crippen LogP contribution in [-0.2, 0) is 16.1 Å². The third kappa shape index (κ3) is 5.16. The molecule has 0 radical (unpaired) electrons. The maximum absolute atomic E-state index is 13.1. The van der Waals surface area contributed by atoms with E-state index >= 15 is 0 Å². The summed E-state index contributed by atoms with van der Waals surface area (Å²) < 4.78 is 21.9. The first-order valence-corrected chi connectivity index (χ1v) is 11.2. The zero-order chi connectivity index (χ0) is 23.2. The normalized spacial score (nSPS) is 19.8. The van der Waals surface area contributed by atoms with Gasteiger partial charge in [0.2, 0.25) is 5.91 Å². The molecule has 0 aromatic heterocycles. The Morgan fingerprint density at radius 1 is 1.03 bits per heavy atom. The Bertz CT molecular complexity index is 967. The predicted octanol–water partition coefficient (Wildman–Crippen LogP) is 3.48. The maximum atomic E-state index is 13.1. The Morgan fingerprint density at radius 3 is 2.58 bits per heavy atom. The maximum Gasteiger partial charge on any atom is 0.411 e. The lowest BCUT2D eigenvalue weighted by molar-refractivity contribution is -0.147. The van der Waals surface area contributed by atoms with Crippen LogP contribution in [0.1, 0.15) is 24.8 Å². The lowest BCUT2D eigenvalue weighted by atomic mass is 9.91. The number of nitrogens with zero attached hydrogens (tertiary/aromatic N) is 2. The molecule has 0 N–H and O–H groups in total. The van der Waals surface area contributed by atoms with E-state index in [9.17, 15) is 9.59 Å². The van der Waals surface area contributed by atoms with Crippen molar-refractivity contribution in [1.29, 1.82) is 0 Å². The lowest BCUT2D eigenvalue weighted by Crippen LogP contribution is -2.65. The van der Waals surface area contributed by atoms with Crippen LogP contribution < -0.4 is 14.2 Å². The van der Waals surface area contributed by atoms with Crippen LogP contribution in [0.25, 0.3) is 0 Å². The van der Waals surface area contributed by atoms with Crippen molar-refractivity contribution in [3.8, 4) is 17.2 Å². The van der Waals surface area contributed by atoms with Crippen molar-refractivity contribution < 1.29 is 28.5 Å². The number of piperidine rings is 1. The van der Waals surface area contributed by atoms with Crippen LogP contribution in [0, 0.1) is 0 Å². The molecule has 2 fully saturated rings. The number of methoxy groups -OCH3 is 2. The van der Waals surface area contributed by atoms with E-state index in [1.165, 1.54) is 0 Å². The summed E-state index contributed by atoms with van der Waals surface area (Å²) in [5.74, 6) is 1.81. The Morgan fingerprint density at radius 2 is 1.82 bits per heavy atom. The number of carbonyl (C=O) groups excluding carboxylic acids is 2. The molecule has 0 spiro atoms. The van der Waals surface area contributed by atoms with Gasteiger partial charge in [0.05, 0.1) is 26.8 Å². The van der Waals surface area contributed by atoms with Crippen molar-refractivity contribution in [2.24, 2.45) is 0 Å². The summed E-state index contributed by atoms with van der Waals surface area (Å²) in [6, 6.07) is 14.4. The summed E-state index contributed by atoms with van der Waals surface area (Å²) in [4.78, 5) is 29.4. The van der Waals surface area contributed by atoms with Gasteiger partial charge < -0.3 is 23.8 Å². The number of ether oxygens (including phenoxy) is 4. The fraction of sp³-hybridized carbons (Fsp3) is 0.440. The van der Waals surface area contributed by atoms with Gasteiger partial charge >= 0.3 is 6.09 Å². The molecule has 0 aliphatic carbocycles. The molecule has 8 heteroatoms. The fourth-order valence-electron chi connectivity index (χ4n) is 4.51. The Kier molecular flexibility index (Phi) is 7.22. The summed E-state index contributed by atoms with van der Waals surface area (Å²) in [7, 11) is 3.15. The minimum Gasteiger partial charge on any atom is -0.493 e. The highest BCUT2D eigenvalue weighted by Crippen LogP contribution is 2.32. The number of amides is 2. The molecule has 2 aliphatic heterocycles. The summed E-state index contributed by atoms with van der Waals surface area (Å²) in [5, 5.41) is 0. The smallest absolute Gasteiger partial charge is 0.411 e. The van der Waals surface area contributed by atoms with E-state index < -0.39 is 12.1 Å². The molecular formula is C25H30N2O6. The molecule has 4 rings (SSSR count). The van der Waals surface area contributed by atoms with E-state index in [0.717, 1.165) is 18.4 Å². The van der Waals surface area contributed by atoms with E-state index in [-0.39, 0.29) is 18.6 Å². The van der Waals surface area contributed by atoms with Crippen molar-refractivity contribution in [1.82, 2.24) is 9.80 Å². The van der Waals surface area contributed by atoms with Crippen molar-refractivity contribution in [2.75, 3.05) is 33.9 Å². The topological polar surface area (TPSA) is 77.5 Å². The SMILES string of the molecule is COc1ccc(OCCN2CC3CCCC(C2=O)N3C(=O)OCc2ccccc2)cc1OC. The van der Waals surface area contributed by atoms with Crippen molar-refractivity contribution in [2.45, 2.75) is 38.0 Å². The molecule has 2 unspecified atom stereocenters. The van der Waals surface area contributed by atoms with Gasteiger partial charge in [0.25, 0.3) is 0 Å².